The fourth-order valence-corrected chi connectivity index (χ4v) is 1.63. The van der Waals surface area contributed by atoms with Crippen molar-refractivity contribution in [1.82, 2.24) is 4.90 Å². The van der Waals surface area contributed by atoms with Gasteiger partial charge in [0.2, 0.25) is 0 Å². The van der Waals surface area contributed by atoms with Gasteiger partial charge in [0.15, 0.2) is 0 Å². The maximum atomic E-state index is 13.1. The van der Waals surface area contributed by atoms with Gasteiger partial charge in [0.25, 0.3) is 0 Å². The second kappa shape index (κ2) is 4.95. The van der Waals surface area contributed by atoms with E-state index in [-0.39, 0.29) is 19.4 Å². The van der Waals surface area contributed by atoms with E-state index >= 15 is 0 Å². The van der Waals surface area contributed by atoms with Gasteiger partial charge in [0.05, 0.1) is 20.8 Å². The molecule has 1 rings (SSSR count). The summed E-state index contributed by atoms with van der Waals surface area (Å²) in [5, 5.41) is 0. The summed E-state index contributed by atoms with van der Waals surface area (Å²) in [5.74, 6) is -0.535. The van der Waals surface area contributed by atoms with Gasteiger partial charge in [-0.3, -0.25) is 4.90 Å². The molecule has 0 aromatic rings. The predicted molar refractivity (Wildman–Crippen MR) is 49.0 cm³/mol. The highest BCUT2D eigenvalue weighted by Crippen LogP contribution is 2.21. The molecule has 0 saturated carbocycles. The van der Waals surface area contributed by atoms with Crippen LogP contribution in [0.1, 0.15) is 12.8 Å². The molecule has 0 radical (unpaired) electrons. The van der Waals surface area contributed by atoms with E-state index in [1.807, 2.05) is 0 Å². The van der Waals surface area contributed by atoms with Crippen molar-refractivity contribution in [2.24, 2.45) is 0 Å². The van der Waals surface area contributed by atoms with E-state index in [0.29, 0.717) is 0 Å². The number of hydrogen-bond donors (Lipinski definition) is 0. The van der Waals surface area contributed by atoms with Crippen LogP contribution in [0.15, 0.2) is 0 Å². The molecular formula is C9H14FNO4. The summed E-state index contributed by atoms with van der Waals surface area (Å²) in [6.45, 7) is -0.119. The summed E-state index contributed by atoms with van der Waals surface area (Å²) < 4.78 is 22.1. The Bertz CT molecular complexity index is 258. The number of nitrogens with zero attached hydrogens (tertiary/aromatic N) is 1. The molecule has 0 N–H and O–H groups in total. The summed E-state index contributed by atoms with van der Waals surface area (Å²) >= 11 is 0. The fraction of sp³-hybridized carbons (Fsp3) is 0.778. The Kier molecular flexibility index (Phi) is 3.88. The van der Waals surface area contributed by atoms with Crippen LogP contribution < -0.4 is 0 Å². The number of amides is 1. The molecule has 1 amide bonds. The largest absolute Gasteiger partial charge is 0.467 e. The minimum atomic E-state index is -1.11. The second-order valence-corrected chi connectivity index (χ2v) is 3.34. The molecule has 1 unspecified atom stereocenters. The Balaban J connectivity index is 2.74. The summed E-state index contributed by atoms with van der Waals surface area (Å²) in [4.78, 5) is 23.7. The summed E-state index contributed by atoms with van der Waals surface area (Å²) in [5.41, 5.74) is 0. The number of alkyl halides is 1. The highest BCUT2D eigenvalue weighted by Gasteiger charge is 2.37. The molecule has 0 aromatic carbocycles. The number of hydrogen-bond acceptors (Lipinski definition) is 4. The standard InChI is InChI=1S/C9H14FNO4/c1-14-8(12)7-4-3-6(10)5-11(7)9(13)15-2/h6-7H,3-5H2,1-2H3/t6?,7-/m0/s1. The number of piperidine rings is 1. The first-order valence-electron chi connectivity index (χ1n) is 4.66. The Labute approximate surface area is 87.1 Å². The molecule has 1 aliphatic rings. The molecule has 2 atom stereocenters. The van der Waals surface area contributed by atoms with Crippen molar-refractivity contribution in [3.05, 3.63) is 0 Å². The summed E-state index contributed by atoms with van der Waals surface area (Å²) in [6.07, 6.45) is -1.28. The van der Waals surface area contributed by atoms with Gasteiger partial charge < -0.3 is 9.47 Å². The molecule has 6 heteroatoms. The molecule has 5 nitrogen and oxygen atoms in total. The van der Waals surface area contributed by atoms with Crippen molar-refractivity contribution in [2.75, 3.05) is 20.8 Å². The lowest BCUT2D eigenvalue weighted by atomic mass is 10.0. The van der Waals surface area contributed by atoms with E-state index in [0.717, 1.165) is 4.90 Å². The monoisotopic (exact) mass is 219 g/mol. The van der Waals surface area contributed by atoms with Crippen LogP contribution in [0.2, 0.25) is 0 Å². The van der Waals surface area contributed by atoms with E-state index in [1.54, 1.807) is 0 Å². The Morgan fingerprint density at radius 1 is 1.27 bits per heavy atom. The van der Waals surface area contributed by atoms with Gasteiger partial charge in [-0.05, 0) is 12.8 Å². The van der Waals surface area contributed by atoms with E-state index < -0.39 is 24.3 Å². The topological polar surface area (TPSA) is 55.8 Å². The molecule has 0 aromatic heterocycles. The number of likely N-dealkylation sites (tertiary alicyclic amines) is 1. The smallest absolute Gasteiger partial charge is 0.410 e. The predicted octanol–water partition coefficient (Wildman–Crippen LogP) is 0.728. The molecule has 1 fully saturated rings. The third-order valence-electron chi connectivity index (χ3n) is 2.41. The molecule has 0 bridgehead atoms. The zero-order valence-corrected chi connectivity index (χ0v) is 8.73. The maximum absolute atomic E-state index is 13.1. The average molecular weight is 219 g/mol. The quantitative estimate of drug-likeness (QED) is 0.610. The van der Waals surface area contributed by atoms with Crippen LogP contribution in [0.3, 0.4) is 0 Å². The first kappa shape index (κ1) is 11.7. The van der Waals surface area contributed by atoms with E-state index in [4.69, 9.17) is 0 Å². The minimum Gasteiger partial charge on any atom is -0.467 e. The summed E-state index contributed by atoms with van der Waals surface area (Å²) in [6, 6.07) is -0.727. The van der Waals surface area contributed by atoms with Crippen LogP contribution in [0.4, 0.5) is 9.18 Å². The first-order valence-corrected chi connectivity index (χ1v) is 4.66. The van der Waals surface area contributed by atoms with Crippen LogP contribution in [-0.2, 0) is 14.3 Å². The number of carbonyl (C=O) groups is 2. The van der Waals surface area contributed by atoms with Crippen molar-refractivity contribution in [3.63, 3.8) is 0 Å². The van der Waals surface area contributed by atoms with E-state index in [1.165, 1.54) is 14.2 Å². The zero-order chi connectivity index (χ0) is 11.4. The van der Waals surface area contributed by atoms with Gasteiger partial charge in [-0.15, -0.1) is 0 Å². The van der Waals surface area contributed by atoms with E-state index in [2.05, 4.69) is 9.47 Å². The molecule has 1 heterocycles. The number of methoxy groups -OCH3 is 2. The number of esters is 1. The van der Waals surface area contributed by atoms with Gasteiger partial charge in [-0.25, -0.2) is 14.0 Å². The molecule has 86 valence electrons. The normalized spacial score (nSPS) is 25.9. The maximum Gasteiger partial charge on any atom is 0.410 e. The average Bonchev–Trinajstić information content (AvgIpc) is 2.26. The van der Waals surface area contributed by atoms with E-state index in [9.17, 15) is 14.0 Å². The van der Waals surface area contributed by atoms with Crippen LogP contribution in [-0.4, -0.2) is 49.9 Å². The first-order chi connectivity index (χ1) is 7.10. The summed E-state index contributed by atoms with van der Waals surface area (Å²) in [7, 11) is 2.43. The Morgan fingerprint density at radius 2 is 1.93 bits per heavy atom. The number of halogens is 1. The van der Waals surface area contributed by atoms with Crippen molar-refractivity contribution in [2.45, 2.75) is 25.1 Å². The van der Waals surface area contributed by atoms with Crippen molar-refractivity contribution in [1.29, 1.82) is 0 Å². The molecule has 0 aliphatic carbocycles. The highest BCUT2D eigenvalue weighted by molar-refractivity contribution is 5.81. The van der Waals surface area contributed by atoms with Crippen molar-refractivity contribution >= 4 is 12.1 Å². The Morgan fingerprint density at radius 3 is 2.47 bits per heavy atom. The number of rotatable bonds is 1. The van der Waals surface area contributed by atoms with Gasteiger partial charge in [0.1, 0.15) is 12.2 Å². The van der Waals surface area contributed by atoms with Crippen LogP contribution in [0.25, 0.3) is 0 Å². The molecule has 0 spiro atoms. The van der Waals surface area contributed by atoms with Crippen molar-refractivity contribution in [3.8, 4) is 0 Å². The van der Waals surface area contributed by atoms with Crippen LogP contribution in [0.5, 0.6) is 0 Å². The lowest BCUT2D eigenvalue weighted by Crippen LogP contribution is -2.51. The lowest BCUT2D eigenvalue weighted by molar-refractivity contribution is -0.148. The molecule has 1 saturated heterocycles. The molecule has 1 aliphatic heterocycles. The highest BCUT2D eigenvalue weighted by atomic mass is 19.1. The van der Waals surface area contributed by atoms with Gasteiger partial charge >= 0.3 is 12.1 Å². The fourth-order valence-electron chi connectivity index (χ4n) is 1.63. The van der Waals surface area contributed by atoms with Crippen LogP contribution >= 0.6 is 0 Å². The minimum absolute atomic E-state index is 0.119. The molecular weight excluding hydrogens is 205 g/mol. The second-order valence-electron chi connectivity index (χ2n) is 3.34. The third-order valence-corrected chi connectivity index (χ3v) is 2.41. The van der Waals surface area contributed by atoms with Crippen LogP contribution in [0, 0.1) is 0 Å². The van der Waals surface area contributed by atoms with Gasteiger partial charge in [-0.1, -0.05) is 0 Å². The Hall–Kier alpha value is -1.33. The number of carbonyl (C=O) groups excluding carboxylic acids is 2. The van der Waals surface area contributed by atoms with Crippen molar-refractivity contribution < 1.29 is 23.5 Å². The van der Waals surface area contributed by atoms with Gasteiger partial charge in [-0.2, -0.15) is 0 Å². The lowest BCUT2D eigenvalue weighted by Gasteiger charge is -2.33. The van der Waals surface area contributed by atoms with Gasteiger partial charge in [0, 0.05) is 0 Å². The SMILES string of the molecule is COC(=O)[C@@H]1CCC(F)CN1C(=O)OC. The zero-order valence-electron chi connectivity index (χ0n) is 8.73. The molecule has 15 heavy (non-hydrogen) atoms. The third kappa shape index (κ3) is 2.57. The number of ether oxygens (including phenoxy) is 2.